The average molecular weight is 458 g/mol. The fourth-order valence-corrected chi connectivity index (χ4v) is 7.00. The summed E-state index contributed by atoms with van der Waals surface area (Å²) >= 11 is 0. The highest BCUT2D eigenvalue weighted by Gasteiger charge is 2.43. The summed E-state index contributed by atoms with van der Waals surface area (Å²) in [5.74, 6) is -0.390. The summed E-state index contributed by atoms with van der Waals surface area (Å²) in [6, 6.07) is 7.61. The fraction of sp³-hybridized carbons (Fsp3) is 0.542. The van der Waals surface area contributed by atoms with E-state index in [1.54, 1.807) is 6.08 Å². The molecule has 3 aliphatic heterocycles. The SMILES string of the molecule is CN1CCC(N(C)C(=O)C2CN(S(=O)(=O)C3=CC4CCOC4C=C3)c3ccccc32)CC1. The number of nitrogens with zero attached hydrogens (tertiary/aromatic N) is 3. The largest absolute Gasteiger partial charge is 0.374 e. The van der Waals surface area contributed by atoms with Crippen LogP contribution in [0.25, 0.3) is 0 Å². The van der Waals surface area contributed by atoms with Crippen LogP contribution in [0.2, 0.25) is 0 Å². The van der Waals surface area contributed by atoms with Gasteiger partial charge in [0.05, 0.1) is 29.2 Å². The Hall–Kier alpha value is -2.16. The van der Waals surface area contributed by atoms with Crippen LogP contribution in [0.5, 0.6) is 0 Å². The molecule has 172 valence electrons. The fourth-order valence-electron chi connectivity index (χ4n) is 5.38. The van der Waals surface area contributed by atoms with Crippen molar-refractivity contribution in [2.45, 2.75) is 37.3 Å². The van der Waals surface area contributed by atoms with Crippen LogP contribution in [0, 0.1) is 5.92 Å². The minimum atomic E-state index is -3.76. The minimum absolute atomic E-state index is 0.00197. The van der Waals surface area contributed by atoms with Crippen molar-refractivity contribution in [1.29, 1.82) is 0 Å². The van der Waals surface area contributed by atoms with Gasteiger partial charge >= 0.3 is 0 Å². The van der Waals surface area contributed by atoms with Crippen molar-refractivity contribution < 1.29 is 17.9 Å². The molecular weight excluding hydrogens is 426 g/mol. The number of para-hydroxylation sites is 1. The number of fused-ring (bicyclic) bond motifs is 2. The lowest BCUT2D eigenvalue weighted by molar-refractivity contribution is -0.134. The molecule has 3 atom stereocenters. The number of likely N-dealkylation sites (tertiary alicyclic amines) is 1. The van der Waals surface area contributed by atoms with Crippen LogP contribution in [-0.4, -0.2) is 76.6 Å². The summed E-state index contributed by atoms with van der Waals surface area (Å²) in [5, 5.41) is 0. The highest BCUT2D eigenvalue weighted by Crippen LogP contribution is 2.42. The average Bonchev–Trinajstić information content (AvgIpc) is 3.43. The second-order valence-corrected chi connectivity index (χ2v) is 11.2. The van der Waals surface area contributed by atoms with Crippen LogP contribution in [0.4, 0.5) is 5.69 Å². The highest BCUT2D eigenvalue weighted by molar-refractivity contribution is 7.96. The third-order valence-corrected chi connectivity index (χ3v) is 9.20. The van der Waals surface area contributed by atoms with Gasteiger partial charge in [-0.15, -0.1) is 0 Å². The second-order valence-electron chi connectivity index (χ2n) is 9.35. The maximum Gasteiger partial charge on any atom is 0.264 e. The Balaban J connectivity index is 1.41. The first-order valence-corrected chi connectivity index (χ1v) is 12.9. The molecule has 0 radical (unpaired) electrons. The molecule has 5 rings (SSSR count). The van der Waals surface area contributed by atoms with Crippen molar-refractivity contribution in [3.8, 4) is 0 Å². The van der Waals surface area contributed by atoms with E-state index in [2.05, 4.69) is 11.9 Å². The smallest absolute Gasteiger partial charge is 0.264 e. The number of hydrogen-bond acceptors (Lipinski definition) is 5. The molecule has 1 aromatic rings. The van der Waals surface area contributed by atoms with Gasteiger partial charge in [-0.3, -0.25) is 9.10 Å². The van der Waals surface area contributed by atoms with Gasteiger partial charge in [-0.2, -0.15) is 0 Å². The van der Waals surface area contributed by atoms with E-state index in [0.717, 1.165) is 37.9 Å². The molecule has 1 amide bonds. The van der Waals surface area contributed by atoms with Gasteiger partial charge in [-0.25, -0.2) is 8.42 Å². The number of rotatable bonds is 4. The molecule has 0 aromatic heterocycles. The van der Waals surface area contributed by atoms with Crippen molar-refractivity contribution in [2.24, 2.45) is 5.92 Å². The number of anilines is 1. The number of benzene rings is 1. The first-order chi connectivity index (χ1) is 15.4. The van der Waals surface area contributed by atoms with Gasteiger partial charge in [-0.1, -0.05) is 30.4 Å². The summed E-state index contributed by atoms with van der Waals surface area (Å²) in [6.45, 7) is 2.73. The topological polar surface area (TPSA) is 70.2 Å². The van der Waals surface area contributed by atoms with Crippen molar-refractivity contribution in [3.63, 3.8) is 0 Å². The molecule has 2 saturated heterocycles. The molecule has 0 saturated carbocycles. The molecule has 1 aromatic carbocycles. The summed E-state index contributed by atoms with van der Waals surface area (Å²) in [7, 11) is 0.202. The summed E-state index contributed by atoms with van der Waals surface area (Å²) in [5.41, 5.74) is 1.41. The lowest BCUT2D eigenvalue weighted by Gasteiger charge is -2.36. The van der Waals surface area contributed by atoms with Crippen LogP contribution in [0.1, 0.15) is 30.7 Å². The molecule has 2 fully saturated rings. The Morgan fingerprint density at radius 2 is 1.91 bits per heavy atom. The third-order valence-electron chi connectivity index (χ3n) is 7.41. The Morgan fingerprint density at radius 3 is 2.69 bits per heavy atom. The molecular formula is C24H31N3O4S. The Labute approximate surface area is 190 Å². The molecule has 7 nitrogen and oxygen atoms in total. The maximum atomic E-state index is 13.7. The molecule has 1 aliphatic carbocycles. The molecule has 0 N–H and O–H groups in total. The number of carbonyl (C=O) groups excluding carboxylic acids is 1. The van der Waals surface area contributed by atoms with E-state index < -0.39 is 15.9 Å². The van der Waals surface area contributed by atoms with Gasteiger partial charge in [0.25, 0.3) is 10.0 Å². The number of ether oxygens (including phenoxy) is 1. The van der Waals surface area contributed by atoms with Crippen molar-refractivity contribution in [1.82, 2.24) is 9.80 Å². The third kappa shape index (κ3) is 3.68. The molecule has 32 heavy (non-hydrogen) atoms. The molecule has 4 aliphatic rings. The van der Waals surface area contributed by atoms with E-state index in [-0.39, 0.29) is 30.5 Å². The Bertz CT molecular complexity index is 1060. The van der Waals surface area contributed by atoms with Crippen LogP contribution in [0.3, 0.4) is 0 Å². The quantitative estimate of drug-likeness (QED) is 0.694. The van der Waals surface area contributed by atoms with Gasteiger partial charge in [0, 0.05) is 25.6 Å². The highest BCUT2D eigenvalue weighted by atomic mass is 32.2. The number of sulfonamides is 1. The number of hydrogen-bond donors (Lipinski definition) is 0. The second kappa shape index (κ2) is 8.32. The summed E-state index contributed by atoms with van der Waals surface area (Å²) < 4.78 is 34.4. The van der Waals surface area contributed by atoms with E-state index in [9.17, 15) is 13.2 Å². The van der Waals surface area contributed by atoms with Gasteiger partial charge in [0.1, 0.15) is 0 Å². The van der Waals surface area contributed by atoms with Crippen LogP contribution >= 0.6 is 0 Å². The predicted octanol–water partition coefficient (Wildman–Crippen LogP) is 2.33. The summed E-state index contributed by atoms with van der Waals surface area (Å²) in [4.78, 5) is 18.0. The lowest BCUT2D eigenvalue weighted by atomic mass is 9.97. The first kappa shape index (κ1) is 21.7. The Kier molecular flexibility index (Phi) is 5.63. The van der Waals surface area contributed by atoms with Crippen molar-refractivity contribution in [3.05, 3.63) is 53.0 Å². The summed E-state index contributed by atoms with van der Waals surface area (Å²) in [6.07, 6.45) is 8.02. The van der Waals surface area contributed by atoms with E-state index in [0.29, 0.717) is 17.2 Å². The zero-order valence-corrected chi connectivity index (χ0v) is 19.5. The number of allylic oxidation sites excluding steroid dienone is 1. The molecule has 3 unspecified atom stereocenters. The Morgan fingerprint density at radius 1 is 1.16 bits per heavy atom. The van der Waals surface area contributed by atoms with Gasteiger partial charge in [0.15, 0.2) is 0 Å². The van der Waals surface area contributed by atoms with E-state index >= 15 is 0 Å². The van der Waals surface area contributed by atoms with Crippen LogP contribution < -0.4 is 4.31 Å². The molecule has 8 heteroatoms. The predicted molar refractivity (Wildman–Crippen MR) is 124 cm³/mol. The molecule has 0 bridgehead atoms. The number of piperidine rings is 1. The van der Waals surface area contributed by atoms with E-state index in [1.165, 1.54) is 4.31 Å². The van der Waals surface area contributed by atoms with E-state index in [4.69, 9.17) is 4.74 Å². The minimum Gasteiger partial charge on any atom is -0.374 e. The standard InChI is InChI=1S/C24H31N3O4S/c1-25-12-9-18(10-13-25)26(2)24(28)21-16-27(22-6-4-3-5-20(21)22)32(29,30)19-7-8-23-17(15-19)11-14-31-23/h3-8,15,17-18,21,23H,9-14,16H2,1-2H3. The van der Waals surface area contributed by atoms with Crippen LogP contribution in [0.15, 0.2) is 47.4 Å². The zero-order valence-electron chi connectivity index (χ0n) is 18.7. The van der Waals surface area contributed by atoms with Gasteiger partial charge in [0.2, 0.25) is 5.91 Å². The monoisotopic (exact) mass is 457 g/mol. The van der Waals surface area contributed by atoms with Crippen molar-refractivity contribution >= 4 is 21.6 Å². The zero-order chi connectivity index (χ0) is 22.5. The van der Waals surface area contributed by atoms with Gasteiger partial charge in [-0.05, 0) is 57.1 Å². The molecule has 0 spiro atoms. The van der Waals surface area contributed by atoms with Crippen molar-refractivity contribution in [2.75, 3.05) is 44.6 Å². The molecule has 3 heterocycles. The number of amides is 1. The number of likely N-dealkylation sites (N-methyl/N-ethyl adjacent to an activating group) is 1. The van der Waals surface area contributed by atoms with E-state index in [1.807, 2.05) is 48.4 Å². The normalized spacial score (nSPS) is 28.4. The lowest BCUT2D eigenvalue weighted by Crippen LogP contribution is -2.46. The van der Waals surface area contributed by atoms with Crippen LogP contribution in [-0.2, 0) is 19.6 Å². The number of carbonyl (C=O) groups is 1. The van der Waals surface area contributed by atoms with Gasteiger partial charge < -0.3 is 14.5 Å². The first-order valence-electron chi connectivity index (χ1n) is 11.4. The maximum absolute atomic E-state index is 13.7.